The van der Waals surface area contributed by atoms with Gasteiger partial charge in [0.15, 0.2) is 0 Å². The van der Waals surface area contributed by atoms with Gasteiger partial charge in [0, 0.05) is 24.1 Å². The fourth-order valence-electron chi connectivity index (χ4n) is 1.88. The molecule has 0 saturated heterocycles. The van der Waals surface area contributed by atoms with E-state index in [1.807, 2.05) is 5.38 Å². The minimum atomic E-state index is -0.294. The van der Waals surface area contributed by atoms with Gasteiger partial charge < -0.3 is 10.7 Å². The summed E-state index contributed by atoms with van der Waals surface area (Å²) in [6, 6.07) is 1.80. The molecule has 4 N–H and O–H groups in total. The summed E-state index contributed by atoms with van der Waals surface area (Å²) in [7, 11) is 0. The Kier molecular flexibility index (Phi) is 4.51. The van der Waals surface area contributed by atoms with E-state index in [2.05, 4.69) is 46.5 Å². The lowest BCUT2D eigenvalue weighted by atomic mass is 10.1. The molecule has 0 saturated carbocycles. The Hall–Kier alpha value is -1.73. The van der Waals surface area contributed by atoms with E-state index in [1.165, 1.54) is 0 Å². The summed E-state index contributed by atoms with van der Waals surface area (Å²) in [5, 5.41) is 6.37. The quantitative estimate of drug-likeness (QED) is 0.560. The molecule has 0 spiro atoms. The zero-order chi connectivity index (χ0) is 14.6. The van der Waals surface area contributed by atoms with Crippen LogP contribution in [0.4, 0.5) is 11.6 Å². The third kappa shape index (κ3) is 3.43. The van der Waals surface area contributed by atoms with E-state index in [-0.39, 0.29) is 5.54 Å². The van der Waals surface area contributed by atoms with Crippen molar-refractivity contribution in [3.8, 4) is 0 Å². The van der Waals surface area contributed by atoms with Crippen LogP contribution >= 0.6 is 11.3 Å². The van der Waals surface area contributed by atoms with E-state index >= 15 is 0 Å². The Morgan fingerprint density at radius 2 is 2.05 bits per heavy atom. The summed E-state index contributed by atoms with van der Waals surface area (Å²) in [6.07, 6.45) is 3.62. The number of anilines is 2. The average molecular weight is 292 g/mol. The van der Waals surface area contributed by atoms with Crippen molar-refractivity contribution in [2.24, 2.45) is 5.84 Å². The van der Waals surface area contributed by atoms with Crippen LogP contribution in [0.15, 0.2) is 17.6 Å². The fraction of sp³-hybridized carbons (Fsp3) is 0.462. The molecule has 0 atom stereocenters. The van der Waals surface area contributed by atoms with Crippen molar-refractivity contribution < 1.29 is 0 Å². The van der Waals surface area contributed by atoms with Crippen LogP contribution in [0.25, 0.3) is 0 Å². The highest BCUT2D eigenvalue weighted by atomic mass is 32.1. The first-order chi connectivity index (χ1) is 9.55. The predicted octanol–water partition coefficient (Wildman–Crippen LogP) is 2.52. The third-order valence-corrected chi connectivity index (χ3v) is 3.90. The van der Waals surface area contributed by atoms with Gasteiger partial charge in [-0.25, -0.2) is 20.8 Å². The second-order valence-corrected chi connectivity index (χ2v) is 5.93. The molecule has 108 valence electrons. The van der Waals surface area contributed by atoms with Crippen molar-refractivity contribution in [3.63, 3.8) is 0 Å². The van der Waals surface area contributed by atoms with E-state index in [9.17, 15) is 0 Å². The van der Waals surface area contributed by atoms with Crippen molar-refractivity contribution in [1.29, 1.82) is 0 Å². The number of aryl methyl sites for hydroxylation is 1. The van der Waals surface area contributed by atoms with Gasteiger partial charge in [-0.2, -0.15) is 0 Å². The minimum Gasteiger partial charge on any atom is -0.359 e. The molecule has 6 nitrogen and oxygen atoms in total. The van der Waals surface area contributed by atoms with Crippen LogP contribution in [0, 0.1) is 0 Å². The Morgan fingerprint density at radius 1 is 1.30 bits per heavy atom. The van der Waals surface area contributed by atoms with E-state index in [0.717, 1.165) is 29.5 Å². The van der Waals surface area contributed by atoms with Gasteiger partial charge in [0.1, 0.15) is 22.5 Å². The van der Waals surface area contributed by atoms with Crippen LogP contribution in [-0.2, 0) is 12.0 Å². The molecule has 7 heteroatoms. The molecular formula is C13H20N6S. The third-order valence-electron chi connectivity index (χ3n) is 2.80. The number of hydrazine groups is 1. The van der Waals surface area contributed by atoms with E-state index in [0.29, 0.717) is 5.82 Å². The fourth-order valence-corrected chi connectivity index (χ4v) is 2.59. The molecule has 0 radical (unpaired) electrons. The molecule has 0 aliphatic heterocycles. The van der Waals surface area contributed by atoms with Gasteiger partial charge >= 0.3 is 0 Å². The molecule has 0 fully saturated rings. The van der Waals surface area contributed by atoms with Gasteiger partial charge in [0.25, 0.3) is 0 Å². The summed E-state index contributed by atoms with van der Waals surface area (Å²) in [4.78, 5) is 13.2. The second-order valence-electron chi connectivity index (χ2n) is 5.04. The van der Waals surface area contributed by atoms with Crippen LogP contribution in [0.1, 0.15) is 38.0 Å². The number of hydrogen-bond acceptors (Lipinski definition) is 7. The number of aromatic nitrogens is 3. The molecule has 0 amide bonds. The number of thiazole rings is 1. The van der Waals surface area contributed by atoms with Gasteiger partial charge in [-0.3, -0.25) is 0 Å². The Bertz CT molecular complexity index is 552. The first-order valence-corrected chi connectivity index (χ1v) is 7.46. The van der Waals surface area contributed by atoms with Gasteiger partial charge in [-0.05, 0) is 20.3 Å². The number of hydrogen-bond donors (Lipinski definition) is 3. The molecule has 0 aliphatic carbocycles. The minimum absolute atomic E-state index is 0.294. The van der Waals surface area contributed by atoms with Gasteiger partial charge in [0.05, 0.1) is 5.54 Å². The highest BCUT2D eigenvalue weighted by molar-refractivity contribution is 7.09. The molecule has 2 aromatic heterocycles. The number of nitrogens with two attached hydrogens (primary N) is 1. The monoisotopic (exact) mass is 292 g/mol. The number of nitrogens with one attached hydrogen (secondary N) is 2. The van der Waals surface area contributed by atoms with E-state index < -0.39 is 0 Å². The lowest BCUT2D eigenvalue weighted by Gasteiger charge is -2.24. The Labute approximate surface area is 122 Å². The molecule has 2 aromatic rings. The molecule has 2 heterocycles. The average Bonchev–Trinajstić information content (AvgIpc) is 2.93. The van der Waals surface area contributed by atoms with Crippen molar-refractivity contribution >= 4 is 23.0 Å². The number of nitrogens with zero attached hydrogens (tertiary/aromatic N) is 3. The SMILES string of the molecule is CCCc1nc(NN)cc(NC(C)(C)c2nccs2)n1. The summed E-state index contributed by atoms with van der Waals surface area (Å²) in [5.74, 6) is 7.60. The molecule has 0 unspecified atom stereocenters. The van der Waals surface area contributed by atoms with Crippen molar-refractivity contribution in [3.05, 3.63) is 28.5 Å². The van der Waals surface area contributed by atoms with Crippen LogP contribution in [-0.4, -0.2) is 15.0 Å². The maximum absolute atomic E-state index is 5.46. The molecule has 2 rings (SSSR count). The van der Waals surface area contributed by atoms with E-state index in [1.54, 1.807) is 23.6 Å². The van der Waals surface area contributed by atoms with Crippen LogP contribution < -0.4 is 16.6 Å². The normalized spacial score (nSPS) is 11.4. The summed E-state index contributed by atoms with van der Waals surface area (Å²) < 4.78 is 0. The van der Waals surface area contributed by atoms with Gasteiger partial charge in [0.2, 0.25) is 0 Å². The van der Waals surface area contributed by atoms with E-state index in [4.69, 9.17) is 5.84 Å². The predicted molar refractivity (Wildman–Crippen MR) is 82.6 cm³/mol. The number of rotatable bonds is 6. The van der Waals surface area contributed by atoms with Gasteiger partial charge in [-0.15, -0.1) is 11.3 Å². The largest absolute Gasteiger partial charge is 0.359 e. The first kappa shape index (κ1) is 14.7. The summed E-state index contributed by atoms with van der Waals surface area (Å²) in [5.41, 5.74) is 2.29. The highest BCUT2D eigenvalue weighted by Gasteiger charge is 2.24. The Morgan fingerprint density at radius 3 is 2.65 bits per heavy atom. The second kappa shape index (κ2) is 6.15. The zero-order valence-electron chi connectivity index (χ0n) is 12.0. The van der Waals surface area contributed by atoms with Crippen molar-refractivity contribution in [1.82, 2.24) is 15.0 Å². The molecule has 20 heavy (non-hydrogen) atoms. The Balaban J connectivity index is 2.26. The van der Waals surface area contributed by atoms with Crippen molar-refractivity contribution in [2.45, 2.75) is 39.2 Å². The summed E-state index contributed by atoms with van der Waals surface area (Å²) >= 11 is 1.62. The molecule has 0 bridgehead atoms. The standard InChI is InChI=1S/C13H20N6S/c1-4-5-9-16-10(8-11(17-9)19-14)18-13(2,3)12-15-6-7-20-12/h6-8H,4-5,14H2,1-3H3,(H2,16,17,18,19). The first-order valence-electron chi connectivity index (χ1n) is 6.58. The van der Waals surface area contributed by atoms with Gasteiger partial charge in [-0.1, -0.05) is 6.92 Å². The molecule has 0 aliphatic rings. The van der Waals surface area contributed by atoms with Crippen LogP contribution in [0.5, 0.6) is 0 Å². The summed E-state index contributed by atoms with van der Waals surface area (Å²) in [6.45, 7) is 6.24. The lowest BCUT2D eigenvalue weighted by molar-refractivity contribution is 0.599. The lowest BCUT2D eigenvalue weighted by Crippen LogP contribution is -2.28. The topological polar surface area (TPSA) is 88.8 Å². The maximum atomic E-state index is 5.46. The number of nitrogen functional groups attached to an aromatic ring is 1. The van der Waals surface area contributed by atoms with Crippen molar-refractivity contribution in [2.75, 3.05) is 10.7 Å². The highest BCUT2D eigenvalue weighted by Crippen LogP contribution is 2.27. The van der Waals surface area contributed by atoms with Crippen LogP contribution in [0.2, 0.25) is 0 Å². The molecular weight excluding hydrogens is 272 g/mol. The maximum Gasteiger partial charge on any atom is 0.145 e. The van der Waals surface area contributed by atoms with Crippen LogP contribution in [0.3, 0.4) is 0 Å². The smallest absolute Gasteiger partial charge is 0.145 e. The molecule has 0 aromatic carbocycles. The zero-order valence-corrected chi connectivity index (χ0v) is 12.8.